The van der Waals surface area contributed by atoms with Gasteiger partial charge in [0, 0.05) is 23.8 Å². The number of phenolic OH excluding ortho intramolecular Hbond substituents is 2. The fourth-order valence-corrected chi connectivity index (χ4v) is 6.13. The smallest absolute Gasteiger partial charge is 0.229 e. The molecule has 20 heteroatoms. The fraction of sp³-hybridized carbons (Fsp3) is 0.545. The quantitative estimate of drug-likeness (QED) is 0.0992. The highest BCUT2D eigenvalue weighted by molar-refractivity contribution is 5.86. The van der Waals surface area contributed by atoms with Crippen LogP contribution < -0.4 is 14.9 Å². The molecule has 292 valence electrons. The van der Waals surface area contributed by atoms with Crippen LogP contribution in [0.4, 0.5) is 0 Å². The lowest BCUT2D eigenvalue weighted by Crippen LogP contribution is -2.61. The van der Waals surface area contributed by atoms with Gasteiger partial charge in [0.05, 0.1) is 19.3 Å². The summed E-state index contributed by atoms with van der Waals surface area (Å²) in [5.74, 6) is -1.75. The van der Waals surface area contributed by atoms with Crippen LogP contribution in [0.3, 0.4) is 0 Å². The summed E-state index contributed by atoms with van der Waals surface area (Å²) < 4.78 is 38.9. The summed E-state index contributed by atoms with van der Waals surface area (Å²) in [6, 6.07) is 6.88. The third-order valence-corrected chi connectivity index (χ3v) is 9.27. The SMILES string of the molecule is CC1O[C@@H](OCC2O[C@@H](Oc3cc(O)c4c(=O)cc(-c5ccc(O)c(O[C@@H]6OC(CO)[C@@H](O)[C@H](O)C6O)c5)oc4c3)C(O)[C@@H](O)[C@@H]2O)C(O)[C@@H](O)[C@H]1O. The molecule has 12 N–H and O–H groups in total. The van der Waals surface area contributed by atoms with Gasteiger partial charge in [-0.3, -0.25) is 4.79 Å². The summed E-state index contributed by atoms with van der Waals surface area (Å²) in [6.07, 6.45) is -23.8. The van der Waals surface area contributed by atoms with Crippen molar-refractivity contribution in [2.24, 2.45) is 0 Å². The first-order chi connectivity index (χ1) is 25.1. The molecule has 3 aromatic rings. The Hall–Kier alpha value is -3.71. The second-order valence-electron chi connectivity index (χ2n) is 12.9. The zero-order valence-corrected chi connectivity index (χ0v) is 27.7. The molecule has 53 heavy (non-hydrogen) atoms. The molecule has 0 amide bonds. The number of phenols is 2. The van der Waals surface area contributed by atoms with Gasteiger partial charge in [0.2, 0.25) is 12.6 Å². The van der Waals surface area contributed by atoms with Crippen LogP contribution >= 0.6 is 0 Å². The van der Waals surface area contributed by atoms with Gasteiger partial charge in [0.1, 0.15) is 95.4 Å². The number of hydrogen-bond donors (Lipinski definition) is 12. The highest BCUT2D eigenvalue weighted by Crippen LogP contribution is 2.37. The third kappa shape index (κ3) is 7.65. The van der Waals surface area contributed by atoms with Gasteiger partial charge in [-0.25, -0.2) is 0 Å². The summed E-state index contributed by atoms with van der Waals surface area (Å²) in [4.78, 5) is 13.1. The fourth-order valence-electron chi connectivity index (χ4n) is 6.13. The van der Waals surface area contributed by atoms with E-state index in [0.717, 1.165) is 24.3 Å². The number of aliphatic hydroxyl groups is 10. The Kier molecular flexibility index (Phi) is 11.5. The van der Waals surface area contributed by atoms with E-state index in [4.69, 9.17) is 32.8 Å². The summed E-state index contributed by atoms with van der Waals surface area (Å²) in [6.45, 7) is 0.151. The Morgan fingerprint density at radius 1 is 0.642 bits per heavy atom. The molecule has 0 bridgehead atoms. The van der Waals surface area contributed by atoms with Gasteiger partial charge < -0.3 is 94.1 Å². The molecule has 4 heterocycles. The van der Waals surface area contributed by atoms with Crippen LogP contribution in [0.5, 0.6) is 23.0 Å². The van der Waals surface area contributed by atoms with Crippen molar-refractivity contribution in [1.29, 1.82) is 0 Å². The van der Waals surface area contributed by atoms with Crippen LogP contribution in [0.15, 0.2) is 45.6 Å². The Bertz CT molecular complexity index is 1800. The van der Waals surface area contributed by atoms with Gasteiger partial charge in [-0.1, -0.05) is 0 Å². The van der Waals surface area contributed by atoms with Crippen molar-refractivity contribution in [2.75, 3.05) is 13.2 Å². The van der Waals surface area contributed by atoms with Crippen molar-refractivity contribution in [3.8, 4) is 34.3 Å². The van der Waals surface area contributed by atoms with E-state index in [1.54, 1.807) is 0 Å². The van der Waals surface area contributed by atoms with Crippen LogP contribution in [0.2, 0.25) is 0 Å². The van der Waals surface area contributed by atoms with Gasteiger partial charge in [0.25, 0.3) is 0 Å². The standard InChI is InChI=1S/C33H40O20/c1-10-22(38)25(41)28(44)31(48-10)47-9-20-24(40)27(43)29(45)32(53-20)49-12-5-14(36)21-15(37)7-16(50-18(21)6-12)11-2-3-13(35)17(4-11)51-33-30(46)26(42)23(39)19(8-34)52-33/h2-7,10,19-20,22-36,38-46H,8-9H2,1H3/t10?,19?,20?,22-,23+,24+,25-,26-,27-,28?,29?,30?,31+,32+,33+/m0/s1. The topological polar surface area (TPSA) is 328 Å². The van der Waals surface area contributed by atoms with E-state index in [1.165, 1.54) is 19.1 Å². The zero-order chi connectivity index (χ0) is 38.5. The minimum atomic E-state index is -1.86. The molecule has 6 unspecified atom stereocenters. The van der Waals surface area contributed by atoms with Crippen molar-refractivity contribution in [3.63, 3.8) is 0 Å². The number of benzene rings is 2. The minimum Gasteiger partial charge on any atom is -0.507 e. The minimum absolute atomic E-state index is 0.124. The molecule has 0 saturated carbocycles. The molecule has 20 nitrogen and oxygen atoms in total. The van der Waals surface area contributed by atoms with E-state index in [2.05, 4.69) is 0 Å². The number of hydrogen-bond acceptors (Lipinski definition) is 20. The Morgan fingerprint density at radius 2 is 1.25 bits per heavy atom. The van der Waals surface area contributed by atoms with E-state index < -0.39 is 122 Å². The maximum Gasteiger partial charge on any atom is 0.229 e. The summed E-state index contributed by atoms with van der Waals surface area (Å²) in [7, 11) is 0. The molecule has 0 radical (unpaired) electrons. The molecular formula is C33H40O20. The molecule has 15 atom stereocenters. The van der Waals surface area contributed by atoms with Gasteiger partial charge in [-0.05, 0) is 25.1 Å². The second kappa shape index (κ2) is 15.6. The Morgan fingerprint density at radius 3 is 1.92 bits per heavy atom. The predicted octanol–water partition coefficient (Wildman–Crippen LogP) is -3.92. The van der Waals surface area contributed by atoms with Crippen molar-refractivity contribution in [3.05, 3.63) is 46.6 Å². The molecular weight excluding hydrogens is 716 g/mol. The van der Waals surface area contributed by atoms with Gasteiger partial charge in [0.15, 0.2) is 23.2 Å². The van der Waals surface area contributed by atoms with Crippen LogP contribution in [-0.4, -0.2) is 167 Å². The van der Waals surface area contributed by atoms with E-state index in [0.29, 0.717) is 0 Å². The molecule has 6 rings (SSSR count). The highest BCUT2D eigenvalue weighted by Gasteiger charge is 2.48. The average Bonchev–Trinajstić information content (AvgIpc) is 3.12. The lowest BCUT2D eigenvalue weighted by atomic mass is 9.98. The number of aliphatic hydroxyl groups excluding tert-OH is 10. The maximum absolute atomic E-state index is 13.1. The van der Waals surface area contributed by atoms with Crippen LogP contribution in [-0.2, 0) is 18.9 Å². The largest absolute Gasteiger partial charge is 0.507 e. The summed E-state index contributed by atoms with van der Waals surface area (Å²) >= 11 is 0. The normalized spacial score (nSPS) is 37.8. The zero-order valence-electron chi connectivity index (χ0n) is 27.7. The molecule has 3 aliphatic heterocycles. The lowest BCUT2D eigenvalue weighted by Gasteiger charge is -2.42. The number of fused-ring (bicyclic) bond motifs is 1. The number of ether oxygens (including phenoxy) is 6. The van der Waals surface area contributed by atoms with Crippen molar-refractivity contribution < 1.29 is 94.1 Å². The van der Waals surface area contributed by atoms with Crippen molar-refractivity contribution in [2.45, 2.75) is 99.0 Å². The van der Waals surface area contributed by atoms with Crippen LogP contribution in [0.1, 0.15) is 6.92 Å². The molecule has 2 aromatic carbocycles. The predicted molar refractivity (Wildman–Crippen MR) is 171 cm³/mol. The Balaban J connectivity index is 1.21. The molecule has 1 aromatic heterocycles. The molecule has 3 aliphatic rings. The van der Waals surface area contributed by atoms with E-state index in [1.807, 2.05) is 0 Å². The molecule has 3 fully saturated rings. The van der Waals surface area contributed by atoms with Gasteiger partial charge >= 0.3 is 0 Å². The van der Waals surface area contributed by atoms with Crippen LogP contribution in [0.25, 0.3) is 22.3 Å². The highest BCUT2D eigenvalue weighted by atomic mass is 16.7. The number of aromatic hydroxyl groups is 2. The second-order valence-corrected chi connectivity index (χ2v) is 12.9. The first-order valence-corrected chi connectivity index (χ1v) is 16.4. The van der Waals surface area contributed by atoms with E-state index in [-0.39, 0.29) is 33.8 Å². The van der Waals surface area contributed by atoms with Gasteiger partial charge in [-0.2, -0.15) is 0 Å². The summed E-state index contributed by atoms with van der Waals surface area (Å²) in [5, 5.41) is 123. The van der Waals surface area contributed by atoms with Crippen molar-refractivity contribution >= 4 is 11.0 Å². The first-order valence-electron chi connectivity index (χ1n) is 16.4. The van der Waals surface area contributed by atoms with E-state index in [9.17, 15) is 66.1 Å². The summed E-state index contributed by atoms with van der Waals surface area (Å²) in [5.41, 5.74) is -0.837. The third-order valence-electron chi connectivity index (χ3n) is 9.27. The lowest BCUT2D eigenvalue weighted by molar-refractivity contribution is -0.318. The van der Waals surface area contributed by atoms with Crippen molar-refractivity contribution in [1.82, 2.24) is 0 Å². The van der Waals surface area contributed by atoms with Gasteiger partial charge in [-0.15, -0.1) is 0 Å². The van der Waals surface area contributed by atoms with E-state index >= 15 is 0 Å². The van der Waals surface area contributed by atoms with Crippen LogP contribution in [0, 0.1) is 0 Å². The average molecular weight is 757 g/mol. The molecule has 3 saturated heterocycles. The number of rotatable bonds is 9. The first kappa shape index (κ1) is 39.0. The maximum atomic E-state index is 13.1. The molecule has 0 spiro atoms. The molecule has 0 aliphatic carbocycles. The Labute approximate surface area is 298 Å². The monoisotopic (exact) mass is 756 g/mol.